The molecule has 1 aliphatic carbocycles. The van der Waals surface area contributed by atoms with Crippen molar-refractivity contribution in [3.8, 4) is 0 Å². The average Bonchev–Trinajstić information content (AvgIpc) is 3.15. The normalized spacial score (nSPS) is 13.0. The number of halogens is 1. The molecule has 1 heterocycles. The first-order valence-electron chi connectivity index (χ1n) is 7.22. The zero-order chi connectivity index (χ0) is 16.4. The number of nitrogens with zero attached hydrogens (tertiary/aromatic N) is 2. The Hall–Kier alpha value is -2.06. The van der Waals surface area contributed by atoms with Crippen molar-refractivity contribution in [2.75, 3.05) is 11.8 Å². The van der Waals surface area contributed by atoms with Crippen molar-refractivity contribution in [2.45, 2.75) is 30.7 Å². The summed E-state index contributed by atoms with van der Waals surface area (Å²) < 4.78 is 33.2. The molecule has 1 N–H and O–H groups in total. The largest absolute Gasteiger partial charge is 0.468 e. The van der Waals surface area contributed by atoms with E-state index in [2.05, 4.69) is 14.6 Å². The molecule has 0 fully saturated rings. The van der Waals surface area contributed by atoms with E-state index in [9.17, 15) is 13.2 Å². The van der Waals surface area contributed by atoms with Gasteiger partial charge in [-0.15, -0.1) is 12.4 Å². The summed E-state index contributed by atoms with van der Waals surface area (Å²) in [5.74, 6) is -0.457. The highest BCUT2D eigenvalue weighted by molar-refractivity contribution is 7.92. The second kappa shape index (κ2) is 7.23. The van der Waals surface area contributed by atoms with E-state index in [-0.39, 0.29) is 23.8 Å². The van der Waals surface area contributed by atoms with Gasteiger partial charge in [-0.1, -0.05) is 6.07 Å². The lowest BCUT2D eigenvalue weighted by Gasteiger charge is -2.08. The zero-order valence-electron chi connectivity index (χ0n) is 13.1. The number of ether oxygens (including phenoxy) is 1. The number of benzene rings is 1. The number of fused-ring (bicyclic) bond motifs is 1. The van der Waals surface area contributed by atoms with Gasteiger partial charge in [0.1, 0.15) is 6.54 Å². The summed E-state index contributed by atoms with van der Waals surface area (Å²) in [5.41, 5.74) is 2.61. The highest BCUT2D eigenvalue weighted by Gasteiger charge is 2.19. The molecule has 3 rings (SSSR count). The Labute approximate surface area is 146 Å². The van der Waals surface area contributed by atoms with Gasteiger partial charge < -0.3 is 4.74 Å². The molecule has 24 heavy (non-hydrogen) atoms. The number of aromatic nitrogens is 2. The van der Waals surface area contributed by atoms with Crippen LogP contribution in [0.25, 0.3) is 0 Å². The van der Waals surface area contributed by atoms with E-state index in [4.69, 9.17) is 0 Å². The Morgan fingerprint density at radius 2 is 2.08 bits per heavy atom. The van der Waals surface area contributed by atoms with Crippen molar-refractivity contribution in [3.05, 3.63) is 41.7 Å². The molecule has 0 aliphatic heterocycles. The number of sulfonamides is 1. The summed E-state index contributed by atoms with van der Waals surface area (Å²) in [4.78, 5) is 11.4. The van der Waals surface area contributed by atoms with E-state index < -0.39 is 16.0 Å². The van der Waals surface area contributed by atoms with Crippen LogP contribution in [0.4, 0.5) is 5.69 Å². The van der Waals surface area contributed by atoms with Crippen molar-refractivity contribution in [1.29, 1.82) is 0 Å². The molecular weight excluding hydrogens is 354 g/mol. The maximum Gasteiger partial charge on any atom is 0.327 e. The smallest absolute Gasteiger partial charge is 0.327 e. The molecule has 1 aromatic carbocycles. The number of aryl methyl sites for hydroxylation is 2. The van der Waals surface area contributed by atoms with Gasteiger partial charge in [0.2, 0.25) is 0 Å². The van der Waals surface area contributed by atoms with Crippen LogP contribution in [0, 0.1) is 0 Å². The van der Waals surface area contributed by atoms with Gasteiger partial charge in [0.15, 0.2) is 0 Å². The minimum Gasteiger partial charge on any atom is -0.468 e. The van der Waals surface area contributed by atoms with Gasteiger partial charge in [-0.25, -0.2) is 8.42 Å². The lowest BCUT2D eigenvalue weighted by molar-refractivity contribution is -0.141. The first-order valence-corrected chi connectivity index (χ1v) is 8.70. The standard InChI is InChI=1S/C15H17N3O4S.ClH/c1-22-15(19)10-18-9-13(8-16-18)17-23(20,21)14-6-5-11-3-2-4-12(11)7-14;/h5-9,17H,2-4,10H2,1H3;1H. The third kappa shape index (κ3) is 3.88. The lowest BCUT2D eigenvalue weighted by atomic mass is 10.1. The summed E-state index contributed by atoms with van der Waals surface area (Å²) in [5, 5.41) is 3.93. The number of nitrogens with one attached hydrogen (secondary N) is 1. The molecule has 0 saturated carbocycles. The number of hydrogen-bond donors (Lipinski definition) is 1. The van der Waals surface area contributed by atoms with Crippen LogP contribution in [-0.2, 0) is 38.9 Å². The number of carbonyl (C=O) groups is 1. The molecule has 0 amide bonds. The van der Waals surface area contributed by atoms with E-state index in [1.807, 2.05) is 6.07 Å². The molecule has 0 unspecified atom stereocenters. The van der Waals surface area contributed by atoms with Gasteiger partial charge >= 0.3 is 5.97 Å². The molecule has 0 radical (unpaired) electrons. The maximum atomic E-state index is 12.4. The minimum absolute atomic E-state index is 0. The number of hydrogen-bond acceptors (Lipinski definition) is 5. The van der Waals surface area contributed by atoms with Gasteiger partial charge in [-0.05, 0) is 42.5 Å². The summed E-state index contributed by atoms with van der Waals surface area (Å²) >= 11 is 0. The Bertz CT molecular complexity index is 848. The van der Waals surface area contributed by atoms with E-state index in [1.54, 1.807) is 12.1 Å². The topological polar surface area (TPSA) is 90.3 Å². The molecule has 0 bridgehead atoms. The summed E-state index contributed by atoms with van der Waals surface area (Å²) in [7, 11) is -2.39. The second-order valence-corrected chi connectivity index (χ2v) is 7.07. The monoisotopic (exact) mass is 371 g/mol. The van der Waals surface area contributed by atoms with Crippen molar-refractivity contribution >= 4 is 34.1 Å². The predicted molar refractivity (Wildman–Crippen MR) is 90.8 cm³/mol. The molecule has 7 nitrogen and oxygen atoms in total. The highest BCUT2D eigenvalue weighted by atomic mass is 35.5. The quantitative estimate of drug-likeness (QED) is 0.809. The summed E-state index contributed by atoms with van der Waals surface area (Å²) in [6, 6.07) is 5.21. The molecule has 0 saturated heterocycles. The molecular formula is C15H18ClN3O4S. The molecule has 130 valence electrons. The Balaban J connectivity index is 0.00000208. The van der Waals surface area contributed by atoms with Crippen LogP contribution in [0.1, 0.15) is 17.5 Å². The van der Waals surface area contributed by atoms with Crippen LogP contribution in [0.15, 0.2) is 35.5 Å². The zero-order valence-corrected chi connectivity index (χ0v) is 14.7. The minimum atomic E-state index is -3.68. The first-order chi connectivity index (χ1) is 11.0. The van der Waals surface area contributed by atoms with Gasteiger partial charge in [0.25, 0.3) is 10.0 Å². The molecule has 1 aromatic heterocycles. The van der Waals surface area contributed by atoms with Crippen LogP contribution in [-0.4, -0.2) is 31.3 Å². The van der Waals surface area contributed by atoms with Crippen molar-refractivity contribution in [3.63, 3.8) is 0 Å². The van der Waals surface area contributed by atoms with Crippen LogP contribution < -0.4 is 4.72 Å². The van der Waals surface area contributed by atoms with Crippen molar-refractivity contribution in [1.82, 2.24) is 9.78 Å². The van der Waals surface area contributed by atoms with E-state index in [0.29, 0.717) is 5.69 Å². The van der Waals surface area contributed by atoms with Crippen LogP contribution in [0.2, 0.25) is 0 Å². The number of esters is 1. The van der Waals surface area contributed by atoms with Gasteiger partial charge in [0, 0.05) is 6.20 Å². The second-order valence-electron chi connectivity index (χ2n) is 5.39. The third-order valence-corrected chi connectivity index (χ3v) is 5.16. The molecule has 1 aliphatic rings. The van der Waals surface area contributed by atoms with Crippen molar-refractivity contribution < 1.29 is 17.9 Å². The summed E-state index contributed by atoms with van der Waals surface area (Å²) in [6.07, 6.45) is 5.78. The molecule has 9 heteroatoms. The van der Waals surface area contributed by atoms with Gasteiger partial charge in [0.05, 0.1) is 23.9 Å². The number of carbonyl (C=O) groups excluding carboxylic acids is 1. The van der Waals surface area contributed by atoms with E-state index >= 15 is 0 Å². The summed E-state index contributed by atoms with van der Waals surface area (Å²) in [6.45, 7) is -0.0723. The van der Waals surface area contributed by atoms with Crippen molar-refractivity contribution in [2.24, 2.45) is 0 Å². The number of anilines is 1. The van der Waals surface area contributed by atoms with E-state index in [1.165, 1.54) is 29.7 Å². The highest BCUT2D eigenvalue weighted by Crippen LogP contribution is 2.25. The number of rotatable bonds is 5. The predicted octanol–water partition coefficient (Wildman–Crippen LogP) is 1.77. The fourth-order valence-electron chi connectivity index (χ4n) is 2.63. The third-order valence-electron chi connectivity index (χ3n) is 3.78. The van der Waals surface area contributed by atoms with Crippen LogP contribution in [0.5, 0.6) is 0 Å². The van der Waals surface area contributed by atoms with Gasteiger partial charge in [-0.3, -0.25) is 14.2 Å². The molecule has 0 spiro atoms. The van der Waals surface area contributed by atoms with Crippen LogP contribution in [0.3, 0.4) is 0 Å². The number of methoxy groups -OCH3 is 1. The average molecular weight is 372 g/mol. The van der Waals surface area contributed by atoms with E-state index in [0.717, 1.165) is 24.8 Å². The van der Waals surface area contributed by atoms with Gasteiger partial charge in [-0.2, -0.15) is 5.10 Å². The SMILES string of the molecule is COC(=O)Cn1cc(NS(=O)(=O)c2ccc3c(c2)CCC3)cn1.Cl. The first kappa shape index (κ1) is 18.3. The maximum absolute atomic E-state index is 12.4. The fourth-order valence-corrected chi connectivity index (χ4v) is 3.71. The Morgan fingerprint density at radius 1 is 1.33 bits per heavy atom. The molecule has 0 atom stereocenters. The lowest BCUT2D eigenvalue weighted by Crippen LogP contribution is -2.13. The van der Waals surface area contributed by atoms with Crippen LogP contribution >= 0.6 is 12.4 Å². The Kier molecular flexibility index (Phi) is 5.51. The fraction of sp³-hybridized carbons (Fsp3) is 0.333. The Morgan fingerprint density at radius 3 is 2.83 bits per heavy atom. The molecule has 2 aromatic rings.